The Labute approximate surface area is 266 Å². The number of carbonyl (C=O) groups is 4. The Hall–Kier alpha value is -3.52. The van der Waals surface area contributed by atoms with Crippen LogP contribution < -0.4 is 7.16 Å². The van der Waals surface area contributed by atoms with Crippen LogP contribution in [0.3, 0.4) is 0 Å². The molecule has 0 saturated carbocycles. The van der Waals surface area contributed by atoms with E-state index in [4.69, 9.17) is 0 Å². The summed E-state index contributed by atoms with van der Waals surface area (Å²) >= 11 is -3.57. The van der Waals surface area contributed by atoms with E-state index in [1.807, 2.05) is 26.0 Å². The van der Waals surface area contributed by atoms with Crippen LogP contribution in [0.2, 0.25) is 8.87 Å². The van der Waals surface area contributed by atoms with Crippen molar-refractivity contribution in [1.29, 1.82) is 0 Å². The Morgan fingerprint density at radius 3 is 1.27 bits per heavy atom. The van der Waals surface area contributed by atoms with E-state index in [0.29, 0.717) is 48.2 Å². The topological polar surface area (TPSA) is 74.8 Å². The van der Waals surface area contributed by atoms with Crippen LogP contribution >= 0.6 is 0 Å². The standard InChI is InChI=1S/C30H20N2O4.2C4H9.Sn/c1-3-13-31-27(33)19-9-5-15-17-7-11-21-26-22(30(36)32(14-4-2)29(21)35)12-8-18(24(17)26)16-6-10-20(28(31)34)25(19)23(15)16;2*1-3-4-2;/h5,7,9-12H,3-4,13-14H2,1-2H3;2*1,3-4H2,2H3;. The Morgan fingerprint density at radius 1 is 0.489 bits per heavy atom. The third-order valence-electron chi connectivity index (χ3n) is 10.8. The first kappa shape index (κ1) is 28.9. The fourth-order valence-corrected chi connectivity index (χ4v) is 25.6. The minimum atomic E-state index is -3.57. The van der Waals surface area contributed by atoms with Crippen LogP contribution in [-0.2, 0) is 0 Å². The Balaban J connectivity index is 1.60. The SMILES string of the molecule is CCC[CH2][Sn]1([CH2]CCC)[c]2cc3c4c(ccc5c6ccc7c8c(c[c]1c(c2c45)c86)C(=O)N(CCC)C7=O)C(=O)N(CCC)C3=O. The number of imide groups is 2. The molecular formula is C38H38N2O4Sn. The molecule has 3 aliphatic rings. The summed E-state index contributed by atoms with van der Waals surface area (Å²) in [6.07, 6.45) is 5.77. The van der Waals surface area contributed by atoms with E-state index in [1.165, 1.54) is 27.7 Å². The first-order chi connectivity index (χ1) is 21.8. The van der Waals surface area contributed by atoms with Crippen LogP contribution in [0.5, 0.6) is 0 Å². The molecule has 8 rings (SSSR count). The molecule has 0 bridgehead atoms. The van der Waals surface area contributed by atoms with E-state index in [2.05, 4.69) is 38.1 Å². The Morgan fingerprint density at radius 2 is 0.889 bits per heavy atom. The summed E-state index contributed by atoms with van der Waals surface area (Å²) in [7, 11) is 0. The number of fused-ring (bicyclic) bond motifs is 1. The van der Waals surface area contributed by atoms with Crippen LogP contribution in [0.25, 0.3) is 43.1 Å². The van der Waals surface area contributed by atoms with Crippen molar-refractivity contribution in [3.05, 3.63) is 58.7 Å². The first-order valence-electron chi connectivity index (χ1n) is 16.9. The van der Waals surface area contributed by atoms with E-state index in [9.17, 15) is 19.2 Å². The molecular weight excluding hydrogens is 667 g/mol. The van der Waals surface area contributed by atoms with Crippen molar-refractivity contribution in [3.63, 3.8) is 0 Å². The van der Waals surface area contributed by atoms with Crippen molar-refractivity contribution in [2.75, 3.05) is 13.1 Å². The van der Waals surface area contributed by atoms with Gasteiger partial charge in [-0.1, -0.05) is 0 Å². The van der Waals surface area contributed by atoms with Crippen molar-refractivity contribution in [2.24, 2.45) is 0 Å². The van der Waals surface area contributed by atoms with E-state index < -0.39 is 18.4 Å². The molecule has 0 aliphatic carbocycles. The van der Waals surface area contributed by atoms with Gasteiger partial charge in [0.25, 0.3) is 0 Å². The van der Waals surface area contributed by atoms with Gasteiger partial charge in [-0.15, -0.1) is 0 Å². The van der Waals surface area contributed by atoms with Gasteiger partial charge in [-0.2, -0.15) is 0 Å². The molecule has 228 valence electrons. The third kappa shape index (κ3) is 3.52. The predicted octanol–water partition coefficient (Wildman–Crippen LogP) is 7.23. The summed E-state index contributed by atoms with van der Waals surface area (Å²) in [6.45, 7) is 9.28. The van der Waals surface area contributed by atoms with Crippen molar-refractivity contribution in [1.82, 2.24) is 9.80 Å². The zero-order valence-corrected chi connectivity index (χ0v) is 29.4. The molecule has 0 unspecified atom stereocenters. The van der Waals surface area contributed by atoms with E-state index in [-0.39, 0.29) is 23.6 Å². The summed E-state index contributed by atoms with van der Waals surface area (Å²) in [5, 5.41) is 8.02. The second-order valence-electron chi connectivity index (χ2n) is 13.3. The Kier molecular flexibility index (Phi) is 6.58. The molecule has 0 aromatic heterocycles. The molecule has 7 heteroatoms. The summed E-state index contributed by atoms with van der Waals surface area (Å²) < 4.78 is 4.95. The van der Waals surface area contributed by atoms with Crippen molar-refractivity contribution < 1.29 is 19.2 Å². The number of nitrogens with zero attached hydrogens (tertiary/aromatic N) is 2. The van der Waals surface area contributed by atoms with Gasteiger partial charge in [-0.05, 0) is 0 Å². The van der Waals surface area contributed by atoms with Gasteiger partial charge in [0.1, 0.15) is 0 Å². The number of hydrogen-bond donors (Lipinski definition) is 0. The van der Waals surface area contributed by atoms with Crippen LogP contribution in [0, 0.1) is 0 Å². The predicted molar refractivity (Wildman–Crippen MR) is 183 cm³/mol. The molecule has 3 aliphatic heterocycles. The molecule has 0 atom stereocenters. The van der Waals surface area contributed by atoms with Crippen molar-refractivity contribution in [2.45, 2.75) is 75.1 Å². The first-order valence-corrected chi connectivity index (χ1v) is 23.7. The van der Waals surface area contributed by atoms with Gasteiger partial charge < -0.3 is 0 Å². The van der Waals surface area contributed by atoms with Gasteiger partial charge in [-0.3, -0.25) is 0 Å². The molecule has 0 spiro atoms. The summed E-state index contributed by atoms with van der Waals surface area (Å²) in [6, 6.07) is 12.3. The molecule has 0 fully saturated rings. The molecule has 4 amide bonds. The quantitative estimate of drug-likeness (QED) is 0.0666. The molecule has 0 saturated heterocycles. The van der Waals surface area contributed by atoms with Crippen molar-refractivity contribution in [3.8, 4) is 0 Å². The molecule has 0 radical (unpaired) electrons. The molecule has 6 nitrogen and oxygen atoms in total. The average molecular weight is 705 g/mol. The zero-order valence-electron chi connectivity index (χ0n) is 26.6. The molecule has 3 heterocycles. The number of hydrogen-bond acceptors (Lipinski definition) is 4. The van der Waals surface area contributed by atoms with Crippen LogP contribution in [0.15, 0.2) is 36.4 Å². The number of benzene rings is 5. The van der Waals surface area contributed by atoms with E-state index in [0.717, 1.165) is 66.9 Å². The maximum atomic E-state index is 14.2. The van der Waals surface area contributed by atoms with Gasteiger partial charge in [-0.25, -0.2) is 0 Å². The van der Waals surface area contributed by atoms with Crippen LogP contribution in [0.1, 0.15) is 108 Å². The van der Waals surface area contributed by atoms with Gasteiger partial charge in [0.15, 0.2) is 0 Å². The summed E-state index contributed by atoms with van der Waals surface area (Å²) in [4.78, 5) is 58.9. The van der Waals surface area contributed by atoms with E-state index >= 15 is 0 Å². The van der Waals surface area contributed by atoms with Gasteiger partial charge >= 0.3 is 268 Å². The number of carbonyl (C=O) groups excluding carboxylic acids is 4. The monoisotopic (exact) mass is 706 g/mol. The van der Waals surface area contributed by atoms with Crippen LogP contribution in [-0.4, -0.2) is 64.9 Å². The second kappa shape index (κ2) is 10.2. The number of amides is 4. The average Bonchev–Trinajstić information content (AvgIpc) is 3.33. The molecule has 5 aromatic rings. The second-order valence-corrected chi connectivity index (χ2v) is 25.4. The normalized spacial score (nSPS) is 16.7. The fraction of sp³-hybridized carbons (Fsp3) is 0.368. The fourth-order valence-electron chi connectivity index (χ4n) is 8.93. The van der Waals surface area contributed by atoms with Gasteiger partial charge in [0, 0.05) is 0 Å². The maximum absolute atomic E-state index is 14.2. The molecule has 45 heavy (non-hydrogen) atoms. The summed E-state index contributed by atoms with van der Waals surface area (Å²) in [5.74, 6) is -0.794. The molecule has 5 aromatic carbocycles. The summed E-state index contributed by atoms with van der Waals surface area (Å²) in [5.41, 5.74) is 2.53. The minimum absolute atomic E-state index is 0.183. The van der Waals surface area contributed by atoms with Crippen molar-refractivity contribution >= 4 is 92.3 Å². The Bertz CT molecular complexity index is 2010. The van der Waals surface area contributed by atoms with Gasteiger partial charge in [0.2, 0.25) is 0 Å². The molecule has 0 N–H and O–H groups in total. The van der Waals surface area contributed by atoms with Gasteiger partial charge in [0.05, 0.1) is 0 Å². The number of unbranched alkanes of at least 4 members (excludes halogenated alkanes) is 2. The zero-order chi connectivity index (χ0) is 31.4. The number of rotatable bonds is 10. The van der Waals surface area contributed by atoms with Crippen LogP contribution in [0.4, 0.5) is 0 Å². The third-order valence-corrected chi connectivity index (χ3v) is 25.9. The van der Waals surface area contributed by atoms with E-state index in [1.54, 1.807) is 0 Å².